The predicted molar refractivity (Wildman–Crippen MR) is 81.3 cm³/mol. The van der Waals surface area contributed by atoms with Crippen molar-refractivity contribution in [2.24, 2.45) is 0 Å². The second kappa shape index (κ2) is 6.38. The van der Waals surface area contributed by atoms with Gasteiger partial charge in [-0.05, 0) is 31.5 Å². The van der Waals surface area contributed by atoms with Gasteiger partial charge in [0.2, 0.25) is 0 Å². The van der Waals surface area contributed by atoms with Gasteiger partial charge in [0.1, 0.15) is 0 Å². The van der Waals surface area contributed by atoms with Gasteiger partial charge in [0.25, 0.3) is 5.91 Å². The molecule has 2 rings (SSSR count). The fourth-order valence-corrected chi connectivity index (χ4v) is 4.50. The summed E-state index contributed by atoms with van der Waals surface area (Å²) in [4.78, 5) is 23.7. The normalized spacial score (nSPS) is 22.1. The van der Waals surface area contributed by atoms with Gasteiger partial charge in [0.15, 0.2) is 16.4 Å². The van der Waals surface area contributed by atoms with E-state index in [2.05, 4.69) is 5.32 Å². The molecule has 1 aromatic rings. The standard InChI is InChI=1S/C15H16N2O5S/c1-15(5-6-23(20,21)10-15)17-13(18)9-22-14(19)12-4-2-3-11(7-12)8-16/h2-4,7H,5-6,9-10H2,1H3,(H,17,18)/t15-/m0/s1. The number of hydrogen-bond donors (Lipinski definition) is 1. The second-order valence-electron chi connectivity index (χ2n) is 5.72. The Kier molecular flexibility index (Phi) is 4.71. The number of nitriles is 1. The molecule has 1 aliphatic rings. The quantitative estimate of drug-likeness (QED) is 0.797. The number of ether oxygens (including phenoxy) is 1. The lowest BCUT2D eigenvalue weighted by atomic mass is 10.0. The van der Waals surface area contributed by atoms with Gasteiger partial charge < -0.3 is 10.1 Å². The lowest BCUT2D eigenvalue weighted by Gasteiger charge is -2.23. The third kappa shape index (κ3) is 4.53. The second-order valence-corrected chi connectivity index (χ2v) is 7.90. The Morgan fingerprint density at radius 1 is 1.43 bits per heavy atom. The van der Waals surface area contributed by atoms with Crippen LogP contribution in [-0.2, 0) is 19.4 Å². The summed E-state index contributed by atoms with van der Waals surface area (Å²) in [5.74, 6) is -1.37. The smallest absolute Gasteiger partial charge is 0.338 e. The average molecular weight is 336 g/mol. The lowest BCUT2D eigenvalue weighted by Crippen LogP contribution is -2.48. The summed E-state index contributed by atoms with van der Waals surface area (Å²) in [5, 5.41) is 11.4. The maximum atomic E-state index is 11.8. The molecule has 1 heterocycles. The number of sulfone groups is 1. The van der Waals surface area contributed by atoms with Crippen LogP contribution in [0.25, 0.3) is 0 Å². The third-order valence-electron chi connectivity index (χ3n) is 3.51. The van der Waals surface area contributed by atoms with E-state index in [9.17, 15) is 18.0 Å². The molecule has 0 spiro atoms. The molecule has 23 heavy (non-hydrogen) atoms. The van der Waals surface area contributed by atoms with Crippen molar-refractivity contribution >= 4 is 21.7 Å². The molecule has 1 aromatic carbocycles. The number of benzene rings is 1. The van der Waals surface area contributed by atoms with Gasteiger partial charge in [-0.3, -0.25) is 4.79 Å². The highest BCUT2D eigenvalue weighted by Crippen LogP contribution is 2.22. The molecule has 122 valence electrons. The SMILES string of the molecule is C[C@]1(NC(=O)COC(=O)c2cccc(C#N)c2)CCS(=O)(=O)C1. The van der Waals surface area contributed by atoms with Crippen LogP contribution in [0, 0.1) is 11.3 Å². The van der Waals surface area contributed by atoms with Crippen LogP contribution in [0.3, 0.4) is 0 Å². The zero-order valence-electron chi connectivity index (χ0n) is 12.5. The van der Waals surface area contributed by atoms with Crippen LogP contribution in [0.4, 0.5) is 0 Å². The van der Waals surface area contributed by atoms with Crippen molar-refractivity contribution in [3.05, 3.63) is 35.4 Å². The summed E-state index contributed by atoms with van der Waals surface area (Å²) in [6.07, 6.45) is 0.333. The molecular formula is C15H16N2O5S. The Balaban J connectivity index is 1.89. The number of rotatable bonds is 4. The predicted octanol–water partition coefficient (Wildman–Crippen LogP) is 0.408. The van der Waals surface area contributed by atoms with Gasteiger partial charge in [0, 0.05) is 0 Å². The van der Waals surface area contributed by atoms with Crippen LogP contribution in [0.15, 0.2) is 24.3 Å². The van der Waals surface area contributed by atoms with Gasteiger partial charge >= 0.3 is 5.97 Å². The van der Waals surface area contributed by atoms with E-state index in [-0.39, 0.29) is 17.1 Å². The maximum absolute atomic E-state index is 11.8. The minimum atomic E-state index is -3.13. The Morgan fingerprint density at radius 2 is 2.17 bits per heavy atom. The first-order valence-electron chi connectivity index (χ1n) is 6.92. The van der Waals surface area contributed by atoms with E-state index in [0.29, 0.717) is 12.0 Å². The fraction of sp³-hybridized carbons (Fsp3) is 0.400. The first-order valence-corrected chi connectivity index (χ1v) is 8.74. The number of hydrogen-bond acceptors (Lipinski definition) is 6. The van der Waals surface area contributed by atoms with E-state index >= 15 is 0 Å². The zero-order valence-corrected chi connectivity index (χ0v) is 13.4. The topological polar surface area (TPSA) is 113 Å². The molecule has 1 amide bonds. The summed E-state index contributed by atoms with van der Waals surface area (Å²) in [7, 11) is -3.13. The summed E-state index contributed by atoms with van der Waals surface area (Å²) in [6, 6.07) is 7.84. The van der Waals surface area contributed by atoms with Crippen molar-refractivity contribution in [1.82, 2.24) is 5.32 Å². The van der Waals surface area contributed by atoms with Crippen molar-refractivity contribution in [2.45, 2.75) is 18.9 Å². The lowest BCUT2D eigenvalue weighted by molar-refractivity contribution is -0.125. The van der Waals surface area contributed by atoms with Crippen molar-refractivity contribution in [3.8, 4) is 6.07 Å². The number of nitrogens with zero attached hydrogens (tertiary/aromatic N) is 1. The van der Waals surface area contributed by atoms with Crippen LogP contribution in [0.5, 0.6) is 0 Å². The average Bonchev–Trinajstić information content (AvgIpc) is 2.78. The highest BCUT2D eigenvalue weighted by Gasteiger charge is 2.39. The van der Waals surface area contributed by atoms with Crippen LogP contribution >= 0.6 is 0 Å². The molecule has 7 nitrogen and oxygen atoms in total. The summed E-state index contributed by atoms with van der Waals surface area (Å²) >= 11 is 0. The van der Waals surface area contributed by atoms with Crippen molar-refractivity contribution in [3.63, 3.8) is 0 Å². The molecule has 1 atom stereocenters. The summed E-state index contributed by atoms with van der Waals surface area (Å²) < 4.78 is 27.8. The molecule has 0 radical (unpaired) electrons. The highest BCUT2D eigenvalue weighted by atomic mass is 32.2. The molecule has 0 aromatic heterocycles. The van der Waals surface area contributed by atoms with Crippen molar-refractivity contribution < 1.29 is 22.7 Å². The molecule has 0 bridgehead atoms. The van der Waals surface area contributed by atoms with E-state index in [1.807, 2.05) is 6.07 Å². The van der Waals surface area contributed by atoms with Crippen LogP contribution < -0.4 is 5.32 Å². The minimum absolute atomic E-state index is 0.0323. The first-order chi connectivity index (χ1) is 10.7. The Labute approximate surface area is 134 Å². The van der Waals surface area contributed by atoms with E-state index in [4.69, 9.17) is 10.00 Å². The number of carbonyl (C=O) groups excluding carboxylic acids is 2. The van der Waals surface area contributed by atoms with Gasteiger partial charge in [-0.15, -0.1) is 0 Å². The molecule has 1 aliphatic heterocycles. The van der Waals surface area contributed by atoms with Crippen LogP contribution in [-0.4, -0.2) is 43.9 Å². The monoisotopic (exact) mass is 336 g/mol. The molecule has 0 unspecified atom stereocenters. The largest absolute Gasteiger partial charge is 0.452 e. The Hall–Kier alpha value is -2.40. The van der Waals surface area contributed by atoms with Gasteiger partial charge in [-0.2, -0.15) is 5.26 Å². The maximum Gasteiger partial charge on any atom is 0.338 e. The van der Waals surface area contributed by atoms with E-state index in [1.165, 1.54) is 12.1 Å². The Morgan fingerprint density at radius 3 is 2.78 bits per heavy atom. The molecular weight excluding hydrogens is 320 g/mol. The van der Waals surface area contributed by atoms with E-state index in [1.54, 1.807) is 19.1 Å². The molecule has 8 heteroatoms. The van der Waals surface area contributed by atoms with E-state index < -0.39 is 33.9 Å². The highest BCUT2D eigenvalue weighted by molar-refractivity contribution is 7.91. The number of nitrogens with one attached hydrogen (secondary N) is 1. The molecule has 0 aliphatic carbocycles. The summed E-state index contributed by atoms with van der Waals surface area (Å²) in [6.45, 7) is 1.14. The Bertz CT molecular complexity index is 781. The number of amides is 1. The zero-order chi connectivity index (χ0) is 17.1. The van der Waals surface area contributed by atoms with Gasteiger partial charge in [-0.1, -0.05) is 6.07 Å². The summed E-state index contributed by atoms with van der Waals surface area (Å²) in [5.41, 5.74) is -0.345. The molecule has 0 saturated carbocycles. The molecule has 1 fully saturated rings. The van der Waals surface area contributed by atoms with Crippen LogP contribution in [0.2, 0.25) is 0 Å². The number of carbonyl (C=O) groups is 2. The van der Waals surface area contributed by atoms with Crippen molar-refractivity contribution in [1.29, 1.82) is 5.26 Å². The first kappa shape index (κ1) is 17.0. The van der Waals surface area contributed by atoms with Crippen molar-refractivity contribution in [2.75, 3.05) is 18.1 Å². The number of esters is 1. The molecule has 1 N–H and O–H groups in total. The van der Waals surface area contributed by atoms with E-state index in [0.717, 1.165) is 0 Å². The van der Waals surface area contributed by atoms with Crippen LogP contribution in [0.1, 0.15) is 29.3 Å². The minimum Gasteiger partial charge on any atom is -0.452 e. The van der Waals surface area contributed by atoms with Gasteiger partial charge in [-0.25, -0.2) is 13.2 Å². The third-order valence-corrected chi connectivity index (χ3v) is 5.41. The van der Waals surface area contributed by atoms with Gasteiger partial charge in [0.05, 0.1) is 34.2 Å². The fourth-order valence-electron chi connectivity index (χ4n) is 2.41. The molecule has 1 saturated heterocycles.